The summed E-state index contributed by atoms with van der Waals surface area (Å²) in [6.07, 6.45) is 1.72. The Labute approximate surface area is 177 Å². The lowest BCUT2D eigenvalue weighted by molar-refractivity contribution is 0.571. The fourth-order valence-corrected chi connectivity index (χ4v) is 5.01. The molecule has 6 nitrogen and oxygen atoms in total. The van der Waals surface area contributed by atoms with Gasteiger partial charge < -0.3 is 4.42 Å². The number of hydrogen-bond acceptors (Lipinski definition) is 7. The average Bonchev–Trinajstić information content (AvgIpc) is 3.54. The van der Waals surface area contributed by atoms with Crippen molar-refractivity contribution in [3.63, 3.8) is 0 Å². The third-order valence-corrected chi connectivity index (χ3v) is 6.63. The second kappa shape index (κ2) is 6.72. The first-order valence-electron chi connectivity index (χ1n) is 9.17. The summed E-state index contributed by atoms with van der Waals surface area (Å²) in [5.74, 6) is 1.82. The molecule has 0 amide bonds. The van der Waals surface area contributed by atoms with Gasteiger partial charge in [-0.2, -0.15) is 9.50 Å². The van der Waals surface area contributed by atoms with Crippen LogP contribution < -0.4 is 10.1 Å². The Kier molecular flexibility index (Phi) is 3.87. The van der Waals surface area contributed by atoms with Crippen molar-refractivity contribution in [2.24, 2.45) is 0 Å². The van der Waals surface area contributed by atoms with Gasteiger partial charge in [-0.25, -0.2) is 4.98 Å². The molecule has 0 aliphatic heterocycles. The highest BCUT2D eigenvalue weighted by Crippen LogP contribution is 2.31. The van der Waals surface area contributed by atoms with E-state index < -0.39 is 0 Å². The molecule has 0 aliphatic carbocycles. The van der Waals surface area contributed by atoms with Gasteiger partial charge in [0.05, 0.1) is 10.2 Å². The number of benzene rings is 2. The Hall–Kier alpha value is -3.62. The lowest BCUT2D eigenvalue weighted by Crippen LogP contribution is -2.23. The highest BCUT2D eigenvalue weighted by molar-refractivity contribution is 7.21. The van der Waals surface area contributed by atoms with Crippen molar-refractivity contribution in [3.8, 4) is 22.2 Å². The molecule has 0 radical (unpaired) electrons. The van der Waals surface area contributed by atoms with Gasteiger partial charge in [0.1, 0.15) is 10.3 Å². The van der Waals surface area contributed by atoms with Gasteiger partial charge in [-0.1, -0.05) is 53.8 Å². The van der Waals surface area contributed by atoms with Crippen molar-refractivity contribution in [1.82, 2.24) is 19.6 Å². The minimum atomic E-state index is -0.206. The molecule has 30 heavy (non-hydrogen) atoms. The number of rotatable bonds is 3. The van der Waals surface area contributed by atoms with Crippen LogP contribution in [0.3, 0.4) is 0 Å². The van der Waals surface area contributed by atoms with Crippen molar-refractivity contribution in [2.75, 3.05) is 0 Å². The molecule has 0 saturated heterocycles. The Morgan fingerprint density at radius 1 is 0.900 bits per heavy atom. The maximum absolute atomic E-state index is 12.8. The summed E-state index contributed by atoms with van der Waals surface area (Å²) in [4.78, 5) is 22.4. The monoisotopic (exact) mass is 428 g/mol. The zero-order valence-electron chi connectivity index (χ0n) is 15.4. The van der Waals surface area contributed by atoms with Crippen molar-refractivity contribution < 1.29 is 4.42 Å². The summed E-state index contributed by atoms with van der Waals surface area (Å²) in [6, 6.07) is 21.3. The molecule has 0 saturated carbocycles. The maximum atomic E-state index is 12.8. The van der Waals surface area contributed by atoms with Gasteiger partial charge in [0.2, 0.25) is 4.96 Å². The number of hydrogen-bond donors (Lipinski definition) is 0. The summed E-state index contributed by atoms with van der Waals surface area (Å²) in [5.41, 5.74) is 1.62. The highest BCUT2D eigenvalue weighted by atomic mass is 32.1. The van der Waals surface area contributed by atoms with E-state index in [0.29, 0.717) is 26.8 Å². The zero-order valence-corrected chi connectivity index (χ0v) is 17.0. The number of aromatic nitrogens is 4. The molecule has 6 rings (SSSR count). The fraction of sp³-hybridized carbons (Fsp3) is 0. The van der Waals surface area contributed by atoms with Crippen LogP contribution in [0.2, 0.25) is 0 Å². The van der Waals surface area contributed by atoms with Crippen LogP contribution in [-0.2, 0) is 0 Å². The van der Waals surface area contributed by atoms with Gasteiger partial charge in [0.25, 0.3) is 5.56 Å². The third kappa shape index (κ3) is 2.85. The van der Waals surface area contributed by atoms with Gasteiger partial charge in [-0.05, 0) is 24.3 Å². The van der Waals surface area contributed by atoms with Crippen molar-refractivity contribution in [3.05, 3.63) is 87.4 Å². The quantitative estimate of drug-likeness (QED) is 0.422. The van der Waals surface area contributed by atoms with Crippen LogP contribution >= 0.6 is 22.7 Å². The summed E-state index contributed by atoms with van der Waals surface area (Å²) >= 11 is 2.87. The van der Waals surface area contributed by atoms with E-state index >= 15 is 0 Å². The fourth-order valence-electron chi connectivity index (χ4n) is 3.20. The lowest BCUT2D eigenvalue weighted by atomic mass is 10.2. The second-order valence-electron chi connectivity index (χ2n) is 6.60. The maximum Gasteiger partial charge on any atom is 0.291 e. The molecule has 0 unspecified atom stereocenters. The molecule has 4 aromatic heterocycles. The van der Waals surface area contributed by atoms with E-state index in [2.05, 4.69) is 15.1 Å². The van der Waals surface area contributed by atoms with Gasteiger partial charge >= 0.3 is 0 Å². The number of para-hydroxylation sites is 1. The van der Waals surface area contributed by atoms with Crippen molar-refractivity contribution in [2.45, 2.75) is 0 Å². The minimum absolute atomic E-state index is 0.206. The third-order valence-electron chi connectivity index (χ3n) is 4.62. The van der Waals surface area contributed by atoms with Crippen LogP contribution in [0.4, 0.5) is 0 Å². The molecule has 6 aromatic rings. The van der Waals surface area contributed by atoms with E-state index in [-0.39, 0.29) is 5.56 Å². The molecule has 0 spiro atoms. The summed E-state index contributed by atoms with van der Waals surface area (Å²) in [6.45, 7) is 0. The van der Waals surface area contributed by atoms with E-state index in [1.165, 1.54) is 15.9 Å². The van der Waals surface area contributed by atoms with Crippen LogP contribution in [0.25, 0.3) is 43.4 Å². The minimum Gasteiger partial charge on any atom is -0.454 e. The summed E-state index contributed by atoms with van der Waals surface area (Å²) < 4.78 is 8.91. The molecule has 144 valence electrons. The zero-order chi connectivity index (χ0) is 20.1. The molecule has 8 heteroatoms. The first kappa shape index (κ1) is 17.3. The Morgan fingerprint density at radius 3 is 2.57 bits per heavy atom. The molecular weight excluding hydrogens is 416 g/mol. The van der Waals surface area contributed by atoms with E-state index in [0.717, 1.165) is 20.8 Å². The number of nitrogens with zero attached hydrogens (tertiary/aromatic N) is 4. The van der Waals surface area contributed by atoms with E-state index in [9.17, 15) is 4.79 Å². The summed E-state index contributed by atoms with van der Waals surface area (Å²) in [7, 11) is 0. The Balaban J connectivity index is 1.38. The number of thiazole rings is 2. The second-order valence-corrected chi connectivity index (χ2v) is 8.64. The van der Waals surface area contributed by atoms with Crippen LogP contribution in [0.15, 0.2) is 75.9 Å². The molecule has 0 aliphatic rings. The van der Waals surface area contributed by atoms with Crippen LogP contribution in [0.1, 0.15) is 5.76 Å². The van der Waals surface area contributed by atoms with Crippen LogP contribution in [0, 0.1) is 0 Å². The van der Waals surface area contributed by atoms with E-state index in [1.54, 1.807) is 17.4 Å². The lowest BCUT2D eigenvalue weighted by Gasteiger charge is -1.91. The molecule has 0 N–H and O–H groups in total. The van der Waals surface area contributed by atoms with Crippen LogP contribution in [0.5, 0.6) is 0 Å². The molecule has 2 aromatic carbocycles. The van der Waals surface area contributed by atoms with E-state index in [4.69, 9.17) is 4.42 Å². The largest absolute Gasteiger partial charge is 0.454 e. The van der Waals surface area contributed by atoms with Crippen molar-refractivity contribution >= 4 is 43.9 Å². The topological polar surface area (TPSA) is 73.3 Å². The van der Waals surface area contributed by atoms with E-state index in [1.807, 2.05) is 66.7 Å². The predicted octanol–water partition coefficient (Wildman–Crippen LogP) is 4.24. The summed E-state index contributed by atoms with van der Waals surface area (Å²) in [5, 5.41) is 5.18. The first-order valence-corrected chi connectivity index (χ1v) is 10.8. The van der Waals surface area contributed by atoms with Gasteiger partial charge in [-0.15, -0.1) is 16.4 Å². The Bertz CT molecular complexity index is 1590. The SMILES string of the molecule is O=c1/c(=C/c2ccc(-c3nc4ccccc4s3)o2)sc2nc(-c3ccccc3)nn12. The highest BCUT2D eigenvalue weighted by Gasteiger charge is 2.13. The molecule has 0 atom stereocenters. The molecule has 0 fully saturated rings. The number of fused-ring (bicyclic) bond motifs is 2. The Morgan fingerprint density at radius 2 is 1.73 bits per heavy atom. The predicted molar refractivity (Wildman–Crippen MR) is 119 cm³/mol. The number of furan rings is 1. The average molecular weight is 428 g/mol. The van der Waals surface area contributed by atoms with Crippen LogP contribution in [-0.4, -0.2) is 19.6 Å². The first-order chi connectivity index (χ1) is 14.7. The van der Waals surface area contributed by atoms with Gasteiger partial charge in [0.15, 0.2) is 16.6 Å². The van der Waals surface area contributed by atoms with Gasteiger partial charge in [0, 0.05) is 11.6 Å². The van der Waals surface area contributed by atoms with Gasteiger partial charge in [-0.3, -0.25) is 4.79 Å². The standard InChI is InChI=1S/C22H12N4O2S2/c27-21-18(30-22-24-19(25-26(21)22)13-6-2-1-3-7-13)12-14-10-11-16(28-14)20-23-15-8-4-5-9-17(15)29-20/h1-12H/b18-12-. The molecule has 0 bridgehead atoms. The molecule has 4 heterocycles. The normalized spacial score (nSPS) is 12.3. The smallest absolute Gasteiger partial charge is 0.291 e. The van der Waals surface area contributed by atoms with Crippen molar-refractivity contribution in [1.29, 1.82) is 0 Å². The molecular formula is C22H12N4O2S2.